The van der Waals surface area contributed by atoms with E-state index in [1.54, 1.807) is 32.2 Å². The fourth-order valence-corrected chi connectivity index (χ4v) is 1.60. The molecule has 98 valence electrons. The van der Waals surface area contributed by atoms with Crippen molar-refractivity contribution in [1.29, 1.82) is 0 Å². The second-order valence-corrected chi connectivity index (χ2v) is 4.02. The summed E-state index contributed by atoms with van der Waals surface area (Å²) in [5, 5.41) is 3.66. The Bertz CT molecular complexity index is 458. The molecule has 0 heterocycles. The first-order chi connectivity index (χ1) is 8.58. The van der Waals surface area contributed by atoms with E-state index in [-0.39, 0.29) is 5.97 Å². The number of esters is 1. The molecule has 1 rings (SSSR count). The number of anilines is 1. The largest absolute Gasteiger partial charge is 0.495 e. The highest BCUT2D eigenvalue weighted by Crippen LogP contribution is 2.26. The van der Waals surface area contributed by atoms with Crippen molar-refractivity contribution in [3.63, 3.8) is 0 Å². The molecule has 0 fully saturated rings. The molecule has 0 aliphatic rings. The van der Waals surface area contributed by atoms with Gasteiger partial charge >= 0.3 is 5.97 Å². The fraction of sp³-hybridized carbons (Fsp3) is 0.308. The van der Waals surface area contributed by atoms with Gasteiger partial charge in [-0.15, -0.1) is 0 Å². The zero-order valence-electron chi connectivity index (χ0n) is 10.6. The van der Waals surface area contributed by atoms with E-state index in [2.05, 4.69) is 10.1 Å². The molecule has 1 aromatic rings. The van der Waals surface area contributed by atoms with Crippen LogP contribution in [0.3, 0.4) is 0 Å². The van der Waals surface area contributed by atoms with E-state index in [0.29, 0.717) is 22.9 Å². The smallest absolute Gasteiger partial charge is 0.333 e. The normalized spacial score (nSPS) is 11.0. The molecule has 0 radical (unpaired) electrons. The number of hydrogen-bond donors (Lipinski definition) is 1. The molecule has 0 spiro atoms. The van der Waals surface area contributed by atoms with Gasteiger partial charge in [0.2, 0.25) is 0 Å². The van der Waals surface area contributed by atoms with Crippen molar-refractivity contribution in [1.82, 2.24) is 0 Å². The summed E-state index contributed by atoms with van der Waals surface area (Å²) in [6.45, 7) is 2.22. The van der Waals surface area contributed by atoms with E-state index in [1.807, 2.05) is 6.07 Å². The SMILES string of the molecule is COC(=O)/C(C)=C/CNc1ccc(OC)c(Cl)c1. The van der Waals surface area contributed by atoms with Crippen molar-refractivity contribution < 1.29 is 14.3 Å². The topological polar surface area (TPSA) is 47.6 Å². The van der Waals surface area contributed by atoms with E-state index in [1.165, 1.54) is 7.11 Å². The van der Waals surface area contributed by atoms with Crippen LogP contribution in [0, 0.1) is 0 Å². The molecule has 0 amide bonds. The predicted molar refractivity (Wildman–Crippen MR) is 72.3 cm³/mol. The van der Waals surface area contributed by atoms with Crippen molar-refractivity contribution in [3.8, 4) is 5.75 Å². The zero-order valence-corrected chi connectivity index (χ0v) is 11.4. The number of benzene rings is 1. The molecule has 1 aromatic carbocycles. The van der Waals surface area contributed by atoms with Crippen LogP contribution in [0.25, 0.3) is 0 Å². The second kappa shape index (κ2) is 6.91. The van der Waals surface area contributed by atoms with Crippen LogP contribution >= 0.6 is 11.6 Å². The average molecular weight is 270 g/mol. The molecule has 0 atom stereocenters. The monoisotopic (exact) mass is 269 g/mol. The van der Waals surface area contributed by atoms with Gasteiger partial charge < -0.3 is 14.8 Å². The Balaban J connectivity index is 2.59. The van der Waals surface area contributed by atoms with Crippen LogP contribution in [-0.4, -0.2) is 26.7 Å². The third-order valence-electron chi connectivity index (χ3n) is 2.37. The number of carbonyl (C=O) groups excluding carboxylic acids is 1. The van der Waals surface area contributed by atoms with Gasteiger partial charge in [-0.25, -0.2) is 4.79 Å². The van der Waals surface area contributed by atoms with E-state index in [4.69, 9.17) is 16.3 Å². The quantitative estimate of drug-likeness (QED) is 0.660. The number of halogens is 1. The molecule has 1 N–H and O–H groups in total. The summed E-state index contributed by atoms with van der Waals surface area (Å²) >= 11 is 5.99. The summed E-state index contributed by atoms with van der Waals surface area (Å²) in [5.74, 6) is 0.299. The molecule has 0 bridgehead atoms. The molecule has 5 heteroatoms. The molecule has 4 nitrogen and oxygen atoms in total. The summed E-state index contributed by atoms with van der Waals surface area (Å²) in [6.07, 6.45) is 1.75. The Labute approximate surface area is 112 Å². The van der Waals surface area contributed by atoms with Crippen LogP contribution in [0.4, 0.5) is 5.69 Å². The average Bonchev–Trinajstić information content (AvgIpc) is 2.37. The van der Waals surface area contributed by atoms with Gasteiger partial charge in [-0.1, -0.05) is 17.7 Å². The standard InChI is InChI=1S/C13H16ClNO3/c1-9(13(16)18-3)6-7-15-10-4-5-12(17-2)11(14)8-10/h4-6,8,15H,7H2,1-3H3/b9-6+. The molecule has 0 saturated heterocycles. The van der Waals surface area contributed by atoms with Gasteiger partial charge in [-0.3, -0.25) is 0 Å². The number of hydrogen-bond acceptors (Lipinski definition) is 4. The van der Waals surface area contributed by atoms with E-state index < -0.39 is 0 Å². The molecular weight excluding hydrogens is 254 g/mol. The first-order valence-electron chi connectivity index (χ1n) is 5.41. The first-order valence-corrected chi connectivity index (χ1v) is 5.78. The van der Waals surface area contributed by atoms with Crippen molar-refractivity contribution in [2.75, 3.05) is 26.1 Å². The third kappa shape index (κ3) is 3.96. The zero-order chi connectivity index (χ0) is 13.5. The summed E-state index contributed by atoms with van der Waals surface area (Å²) in [4.78, 5) is 11.1. The van der Waals surface area contributed by atoms with Crippen molar-refractivity contribution in [2.45, 2.75) is 6.92 Å². The summed E-state index contributed by atoms with van der Waals surface area (Å²) in [5.41, 5.74) is 1.42. The second-order valence-electron chi connectivity index (χ2n) is 3.61. The minimum Gasteiger partial charge on any atom is -0.495 e. The van der Waals surface area contributed by atoms with Crippen LogP contribution in [-0.2, 0) is 9.53 Å². The van der Waals surface area contributed by atoms with Gasteiger partial charge in [0.05, 0.1) is 19.2 Å². The molecular formula is C13H16ClNO3. The molecule has 0 aliphatic heterocycles. The highest BCUT2D eigenvalue weighted by Gasteiger charge is 2.03. The van der Waals surface area contributed by atoms with E-state index >= 15 is 0 Å². The lowest BCUT2D eigenvalue weighted by Crippen LogP contribution is -2.05. The van der Waals surface area contributed by atoms with Gasteiger partial charge in [-0.2, -0.15) is 0 Å². The maximum absolute atomic E-state index is 11.1. The molecule has 0 saturated carbocycles. The van der Waals surface area contributed by atoms with Crippen LogP contribution < -0.4 is 10.1 Å². The molecule has 0 aliphatic carbocycles. The number of carbonyl (C=O) groups is 1. The Morgan fingerprint density at radius 1 is 1.44 bits per heavy atom. The van der Waals surface area contributed by atoms with Gasteiger partial charge in [0.1, 0.15) is 5.75 Å². The van der Waals surface area contributed by atoms with Crippen LogP contribution in [0.15, 0.2) is 29.8 Å². The van der Waals surface area contributed by atoms with Crippen LogP contribution in [0.2, 0.25) is 5.02 Å². The lowest BCUT2D eigenvalue weighted by molar-refractivity contribution is -0.136. The van der Waals surface area contributed by atoms with Crippen LogP contribution in [0.5, 0.6) is 5.75 Å². The summed E-state index contributed by atoms with van der Waals surface area (Å²) in [6, 6.07) is 5.40. The molecule has 0 aromatic heterocycles. The Morgan fingerprint density at radius 3 is 2.72 bits per heavy atom. The van der Waals surface area contributed by atoms with Gasteiger partial charge in [0, 0.05) is 17.8 Å². The summed E-state index contributed by atoms with van der Waals surface area (Å²) < 4.78 is 9.65. The number of methoxy groups -OCH3 is 2. The predicted octanol–water partition coefficient (Wildman–Crippen LogP) is 2.88. The van der Waals surface area contributed by atoms with Gasteiger partial charge in [0.15, 0.2) is 0 Å². The minimum absolute atomic E-state index is 0.329. The maximum atomic E-state index is 11.1. The third-order valence-corrected chi connectivity index (χ3v) is 2.67. The lowest BCUT2D eigenvalue weighted by atomic mass is 10.2. The Hall–Kier alpha value is -1.68. The van der Waals surface area contributed by atoms with Crippen LogP contribution in [0.1, 0.15) is 6.92 Å². The highest BCUT2D eigenvalue weighted by molar-refractivity contribution is 6.32. The number of nitrogens with one attached hydrogen (secondary N) is 1. The summed E-state index contributed by atoms with van der Waals surface area (Å²) in [7, 11) is 2.92. The Kier molecular flexibility index (Phi) is 5.52. The Morgan fingerprint density at radius 2 is 2.17 bits per heavy atom. The van der Waals surface area contributed by atoms with Crippen molar-refractivity contribution in [2.24, 2.45) is 0 Å². The number of ether oxygens (including phenoxy) is 2. The van der Waals surface area contributed by atoms with Gasteiger partial charge in [-0.05, 0) is 25.1 Å². The molecule has 0 unspecified atom stereocenters. The minimum atomic E-state index is -0.329. The van der Waals surface area contributed by atoms with Crippen molar-refractivity contribution in [3.05, 3.63) is 34.9 Å². The fourth-order valence-electron chi connectivity index (χ4n) is 1.34. The van der Waals surface area contributed by atoms with E-state index in [0.717, 1.165) is 5.69 Å². The van der Waals surface area contributed by atoms with E-state index in [9.17, 15) is 4.79 Å². The lowest BCUT2D eigenvalue weighted by Gasteiger charge is -2.07. The number of rotatable bonds is 5. The molecule has 18 heavy (non-hydrogen) atoms. The maximum Gasteiger partial charge on any atom is 0.333 e. The highest BCUT2D eigenvalue weighted by atomic mass is 35.5. The first kappa shape index (κ1) is 14.4. The van der Waals surface area contributed by atoms with Gasteiger partial charge in [0.25, 0.3) is 0 Å². The van der Waals surface area contributed by atoms with Crippen molar-refractivity contribution >= 4 is 23.3 Å².